The van der Waals surface area contributed by atoms with E-state index in [0.717, 1.165) is 35.1 Å². The second-order valence-electron chi connectivity index (χ2n) is 9.19. The van der Waals surface area contributed by atoms with E-state index >= 15 is 0 Å². The molecule has 4 rings (SSSR count). The Bertz CT molecular complexity index is 1710. The molecule has 0 amide bonds. The van der Waals surface area contributed by atoms with Crippen LogP contribution in [0.5, 0.6) is 0 Å². The fourth-order valence-electron chi connectivity index (χ4n) is 5.17. The maximum absolute atomic E-state index is 12.5. The number of nitriles is 1. The zero-order valence-electron chi connectivity index (χ0n) is 23.6. The number of imidazole rings is 1. The predicted molar refractivity (Wildman–Crippen MR) is 157 cm³/mol. The fourth-order valence-corrected chi connectivity index (χ4v) is 5.49. The first-order chi connectivity index (χ1) is 19.7. The number of anilines is 2. The van der Waals surface area contributed by atoms with Crippen molar-refractivity contribution in [2.24, 2.45) is 0 Å². The minimum absolute atomic E-state index is 0.0953. The van der Waals surface area contributed by atoms with Crippen molar-refractivity contribution in [1.29, 1.82) is 5.26 Å². The van der Waals surface area contributed by atoms with Crippen LogP contribution in [0.15, 0.2) is 65.9 Å². The van der Waals surface area contributed by atoms with Gasteiger partial charge in [-0.3, -0.25) is 0 Å². The number of carbonyl (C=O) groups is 1. The molecule has 1 aliphatic heterocycles. The van der Waals surface area contributed by atoms with Crippen molar-refractivity contribution in [1.82, 2.24) is 4.57 Å². The lowest BCUT2D eigenvalue weighted by Gasteiger charge is -2.23. The lowest BCUT2D eigenvalue weighted by Crippen LogP contribution is -2.35. The third-order valence-electron chi connectivity index (χ3n) is 6.85. The maximum Gasteiger partial charge on any atom is 0.338 e. The van der Waals surface area contributed by atoms with E-state index in [1.165, 1.54) is 6.08 Å². The molecule has 1 aromatic heterocycles. The molecule has 0 bridgehead atoms. The number of allylic oxidation sites excluding steroid dienone is 3. The number of esters is 1. The number of aryl methyl sites for hydroxylation is 1. The molecule has 11 heteroatoms. The topological polar surface area (TPSA) is 123 Å². The summed E-state index contributed by atoms with van der Waals surface area (Å²) in [6.45, 7) is 10.2. The number of hydrogen-bond acceptors (Lipinski definition) is 8. The van der Waals surface area contributed by atoms with E-state index in [1.807, 2.05) is 54.0 Å². The van der Waals surface area contributed by atoms with Crippen LogP contribution >= 0.6 is 0 Å². The summed E-state index contributed by atoms with van der Waals surface area (Å²) in [5, 5.41) is 10.0. The summed E-state index contributed by atoms with van der Waals surface area (Å²) in [5.74, 6) is 1.26. The molecule has 2 heterocycles. The molecule has 0 aliphatic carbocycles. The van der Waals surface area contributed by atoms with Crippen molar-refractivity contribution in [3.63, 3.8) is 0 Å². The highest BCUT2D eigenvalue weighted by molar-refractivity contribution is 7.88. The summed E-state index contributed by atoms with van der Waals surface area (Å²) < 4.78 is 42.8. The molecule has 0 atom stereocenters. The highest BCUT2D eigenvalue weighted by atomic mass is 32.2. The van der Waals surface area contributed by atoms with Crippen molar-refractivity contribution >= 4 is 44.6 Å². The summed E-state index contributed by atoms with van der Waals surface area (Å²) in [6, 6.07) is 13.1. The number of benzene rings is 2. The number of nitrogens with zero attached hydrogens (tertiary/aromatic N) is 5. The lowest BCUT2D eigenvalue weighted by atomic mass is 10.2. The van der Waals surface area contributed by atoms with E-state index in [1.54, 1.807) is 19.1 Å². The normalized spacial score (nSPS) is 14.5. The molecule has 0 saturated heterocycles. The molecular weight excluding hydrogens is 542 g/mol. The molecular formula is C30H33N5O5S. The highest BCUT2D eigenvalue weighted by Gasteiger charge is 2.29. The minimum Gasteiger partial charge on any atom is -0.744 e. The zero-order chi connectivity index (χ0) is 29.7. The molecule has 0 unspecified atom stereocenters. The van der Waals surface area contributed by atoms with E-state index in [-0.39, 0.29) is 13.2 Å². The molecule has 0 spiro atoms. The number of fused-ring (bicyclic) bond motifs is 2. The van der Waals surface area contributed by atoms with Gasteiger partial charge in [-0.05, 0) is 70.2 Å². The van der Waals surface area contributed by atoms with E-state index in [2.05, 4.69) is 34.3 Å². The van der Waals surface area contributed by atoms with Crippen LogP contribution in [0.25, 0.3) is 17.1 Å². The van der Waals surface area contributed by atoms with Gasteiger partial charge in [0.15, 0.2) is 11.0 Å². The monoisotopic (exact) mass is 575 g/mol. The van der Waals surface area contributed by atoms with Crippen LogP contribution in [0.4, 0.5) is 11.4 Å². The SMILES string of the molecule is CCOC(=O)c1ccc2c(c1)n(CC=CS(=O)(=O)[O-])c(C=CC=C1N(CC)c3ccc(C#N)cc3N1CC)[n+]2CC. The molecule has 41 heavy (non-hydrogen) atoms. The van der Waals surface area contributed by atoms with Gasteiger partial charge in [-0.15, -0.1) is 0 Å². The van der Waals surface area contributed by atoms with Gasteiger partial charge < -0.3 is 19.1 Å². The van der Waals surface area contributed by atoms with E-state index < -0.39 is 16.1 Å². The predicted octanol–water partition coefficient (Wildman–Crippen LogP) is 4.28. The van der Waals surface area contributed by atoms with Crippen LogP contribution in [-0.2, 0) is 27.9 Å². The second kappa shape index (κ2) is 12.4. The van der Waals surface area contributed by atoms with E-state index in [9.17, 15) is 23.0 Å². The third-order valence-corrected chi connectivity index (χ3v) is 7.38. The van der Waals surface area contributed by atoms with Gasteiger partial charge in [0.1, 0.15) is 22.5 Å². The first kappa shape index (κ1) is 29.6. The summed E-state index contributed by atoms with van der Waals surface area (Å²) in [4.78, 5) is 16.8. The van der Waals surface area contributed by atoms with E-state index in [0.29, 0.717) is 35.1 Å². The molecule has 0 fully saturated rings. The highest BCUT2D eigenvalue weighted by Crippen LogP contribution is 2.41. The summed E-state index contributed by atoms with van der Waals surface area (Å²) in [7, 11) is -4.55. The van der Waals surface area contributed by atoms with Crippen LogP contribution in [0.2, 0.25) is 0 Å². The Kier molecular flexibility index (Phi) is 8.95. The van der Waals surface area contributed by atoms with Gasteiger partial charge in [0.2, 0.25) is 0 Å². The summed E-state index contributed by atoms with van der Waals surface area (Å²) >= 11 is 0. The Morgan fingerprint density at radius 3 is 2.44 bits per heavy atom. The summed E-state index contributed by atoms with van der Waals surface area (Å²) in [5.41, 5.74) is 4.51. The smallest absolute Gasteiger partial charge is 0.338 e. The Morgan fingerprint density at radius 1 is 1.07 bits per heavy atom. The van der Waals surface area contributed by atoms with E-state index in [4.69, 9.17) is 4.74 Å². The largest absolute Gasteiger partial charge is 0.744 e. The van der Waals surface area contributed by atoms with Gasteiger partial charge in [-0.1, -0.05) is 6.08 Å². The number of aromatic nitrogens is 2. The maximum atomic E-state index is 12.5. The van der Waals surface area contributed by atoms with Gasteiger partial charge in [0, 0.05) is 30.6 Å². The lowest BCUT2D eigenvalue weighted by molar-refractivity contribution is -0.670. The molecule has 1 aliphatic rings. The Labute approximate surface area is 240 Å². The average molecular weight is 576 g/mol. The van der Waals surface area contributed by atoms with Crippen molar-refractivity contribution in [2.45, 2.75) is 40.8 Å². The fraction of sp³-hybridized carbons (Fsp3) is 0.300. The number of ether oxygens (including phenoxy) is 1. The number of carbonyl (C=O) groups excluding carboxylic acids is 1. The first-order valence-electron chi connectivity index (χ1n) is 13.5. The Morgan fingerprint density at radius 2 is 1.80 bits per heavy atom. The third kappa shape index (κ3) is 6.04. The van der Waals surface area contributed by atoms with Crippen molar-refractivity contribution in [3.8, 4) is 6.07 Å². The molecule has 0 saturated carbocycles. The Balaban J connectivity index is 1.83. The summed E-state index contributed by atoms with van der Waals surface area (Å²) in [6.07, 6.45) is 7.15. The molecule has 214 valence electrons. The zero-order valence-corrected chi connectivity index (χ0v) is 24.4. The minimum atomic E-state index is -4.55. The van der Waals surface area contributed by atoms with Crippen molar-refractivity contribution in [3.05, 3.63) is 82.8 Å². The van der Waals surface area contributed by atoms with Crippen LogP contribution in [0, 0.1) is 11.3 Å². The number of rotatable bonds is 10. The Hall–Kier alpha value is -4.40. The van der Waals surface area contributed by atoms with Gasteiger partial charge in [-0.2, -0.15) is 5.26 Å². The van der Waals surface area contributed by atoms with Gasteiger partial charge in [0.25, 0.3) is 5.82 Å². The molecule has 0 radical (unpaired) electrons. The van der Waals surface area contributed by atoms with Crippen LogP contribution in [-0.4, -0.2) is 43.2 Å². The van der Waals surface area contributed by atoms with Crippen LogP contribution < -0.4 is 14.4 Å². The van der Waals surface area contributed by atoms with Gasteiger partial charge in [-0.25, -0.2) is 22.3 Å². The molecule has 0 N–H and O–H groups in total. The average Bonchev–Trinajstić information content (AvgIpc) is 3.42. The standard InChI is InChI=1S/C30H33N5O5S/c1-5-32-24-15-13-22(21-31)19-26(24)34(7-3)28(32)11-9-12-29-33(6-2)25-16-14-23(30(36)40-8-4)20-27(25)35(29)17-10-18-41(37,38)39/h9-16,18-20H,5-8,17H2,1-4H3. The van der Waals surface area contributed by atoms with Gasteiger partial charge in [0.05, 0.1) is 41.7 Å². The second-order valence-corrected chi connectivity index (χ2v) is 10.4. The molecule has 2 aromatic carbocycles. The van der Waals surface area contributed by atoms with Crippen LogP contribution in [0.3, 0.4) is 0 Å². The quantitative estimate of drug-likeness (QED) is 0.199. The van der Waals surface area contributed by atoms with Gasteiger partial charge >= 0.3 is 5.97 Å². The van der Waals surface area contributed by atoms with Crippen LogP contribution in [0.1, 0.15) is 49.4 Å². The number of hydrogen-bond donors (Lipinski definition) is 0. The molecule has 3 aromatic rings. The molecule has 10 nitrogen and oxygen atoms in total. The van der Waals surface area contributed by atoms with Crippen molar-refractivity contribution < 1.29 is 27.1 Å². The first-order valence-corrected chi connectivity index (χ1v) is 15.0. The van der Waals surface area contributed by atoms with Crippen molar-refractivity contribution in [2.75, 3.05) is 29.5 Å².